The Labute approximate surface area is 144 Å². The zero-order chi connectivity index (χ0) is 17.7. The monoisotopic (exact) mass is 350 g/mol. The minimum Gasteiger partial charge on any atom is -0.545 e. The van der Waals surface area contributed by atoms with E-state index < -0.39 is 17.8 Å². The highest BCUT2D eigenvalue weighted by Crippen LogP contribution is 2.40. The van der Waals surface area contributed by atoms with Crippen molar-refractivity contribution in [3.63, 3.8) is 0 Å². The maximum absolute atomic E-state index is 12.3. The van der Waals surface area contributed by atoms with Gasteiger partial charge in [-0.3, -0.25) is 4.79 Å². The number of amides is 1. The summed E-state index contributed by atoms with van der Waals surface area (Å²) >= 11 is 1.37. The van der Waals surface area contributed by atoms with E-state index in [4.69, 9.17) is 4.74 Å². The van der Waals surface area contributed by atoms with Gasteiger partial charge in [-0.2, -0.15) is 0 Å². The number of carboxylic acids is 1. The van der Waals surface area contributed by atoms with E-state index in [-0.39, 0.29) is 6.61 Å². The zero-order valence-electron chi connectivity index (χ0n) is 13.7. The Morgan fingerprint density at radius 3 is 2.71 bits per heavy atom. The number of hydrogen-bond donors (Lipinski definition) is 1. The molecule has 1 N–H and O–H groups in total. The molecule has 0 radical (unpaired) electrons. The normalized spacial score (nSPS) is 16.7. The van der Waals surface area contributed by atoms with Crippen LogP contribution in [0.3, 0.4) is 0 Å². The second kappa shape index (κ2) is 8.10. The van der Waals surface area contributed by atoms with Crippen molar-refractivity contribution in [1.82, 2.24) is 0 Å². The van der Waals surface area contributed by atoms with E-state index in [2.05, 4.69) is 12.2 Å². The lowest BCUT2D eigenvalue weighted by molar-refractivity contribution is -0.297. The molecule has 1 aliphatic carbocycles. The van der Waals surface area contributed by atoms with Crippen molar-refractivity contribution in [2.75, 3.05) is 11.9 Å². The van der Waals surface area contributed by atoms with Gasteiger partial charge in [-0.25, -0.2) is 4.79 Å². The SMILES string of the molecule is CCOC(=O)c1c(NC(=O)/C=C/C(=O)[O-])sc2c1CC[C@H](CC)C2. The molecule has 1 heterocycles. The molecule has 24 heavy (non-hydrogen) atoms. The van der Waals surface area contributed by atoms with Crippen LogP contribution in [0.4, 0.5) is 5.00 Å². The topological polar surface area (TPSA) is 95.5 Å². The van der Waals surface area contributed by atoms with Gasteiger partial charge in [0.25, 0.3) is 0 Å². The second-order valence-corrected chi connectivity index (χ2v) is 6.69. The summed E-state index contributed by atoms with van der Waals surface area (Å²) in [4.78, 5) is 35.6. The van der Waals surface area contributed by atoms with Gasteiger partial charge in [0, 0.05) is 11.0 Å². The van der Waals surface area contributed by atoms with E-state index in [0.717, 1.165) is 42.2 Å². The summed E-state index contributed by atoms with van der Waals surface area (Å²) in [6.07, 6.45) is 5.27. The number of hydrogen-bond acceptors (Lipinski definition) is 6. The fourth-order valence-electron chi connectivity index (χ4n) is 2.81. The quantitative estimate of drug-likeness (QED) is 0.622. The summed E-state index contributed by atoms with van der Waals surface area (Å²) in [6, 6.07) is 0. The number of nitrogens with one attached hydrogen (secondary N) is 1. The average molecular weight is 350 g/mol. The van der Waals surface area contributed by atoms with E-state index >= 15 is 0 Å². The van der Waals surface area contributed by atoms with Gasteiger partial charge in [-0.15, -0.1) is 11.3 Å². The summed E-state index contributed by atoms with van der Waals surface area (Å²) in [5.74, 6) is -1.95. The molecule has 0 unspecified atom stereocenters. The van der Waals surface area contributed by atoms with Crippen molar-refractivity contribution in [3.8, 4) is 0 Å². The first-order chi connectivity index (χ1) is 11.5. The lowest BCUT2D eigenvalue weighted by Gasteiger charge is -2.20. The molecule has 0 spiro atoms. The molecule has 130 valence electrons. The molecule has 0 saturated carbocycles. The van der Waals surface area contributed by atoms with Crippen LogP contribution in [0.5, 0.6) is 0 Å². The Morgan fingerprint density at radius 2 is 2.08 bits per heavy atom. The maximum Gasteiger partial charge on any atom is 0.341 e. The summed E-state index contributed by atoms with van der Waals surface area (Å²) in [5.41, 5.74) is 1.35. The summed E-state index contributed by atoms with van der Waals surface area (Å²) in [6.45, 7) is 4.12. The third-order valence-electron chi connectivity index (χ3n) is 4.03. The van der Waals surface area contributed by atoms with Crippen molar-refractivity contribution >= 4 is 34.2 Å². The molecule has 6 nitrogen and oxygen atoms in total. The Bertz CT molecular complexity index is 677. The molecule has 0 saturated heterocycles. The zero-order valence-corrected chi connectivity index (χ0v) is 14.5. The van der Waals surface area contributed by atoms with Crippen molar-refractivity contribution in [1.29, 1.82) is 0 Å². The minimum absolute atomic E-state index is 0.249. The van der Waals surface area contributed by atoms with Gasteiger partial charge < -0.3 is 20.0 Å². The first-order valence-electron chi connectivity index (χ1n) is 7.97. The van der Waals surface area contributed by atoms with E-state index in [0.29, 0.717) is 22.6 Å². The number of esters is 1. The van der Waals surface area contributed by atoms with Gasteiger partial charge >= 0.3 is 5.97 Å². The van der Waals surface area contributed by atoms with Crippen LogP contribution in [0.25, 0.3) is 0 Å². The Hall–Kier alpha value is -2.15. The van der Waals surface area contributed by atoms with Crippen LogP contribution < -0.4 is 10.4 Å². The molecule has 2 rings (SSSR count). The number of thiophene rings is 1. The van der Waals surface area contributed by atoms with E-state index in [1.165, 1.54) is 11.3 Å². The molecule has 0 fully saturated rings. The van der Waals surface area contributed by atoms with Gasteiger partial charge in [-0.05, 0) is 43.7 Å². The number of ether oxygens (including phenoxy) is 1. The minimum atomic E-state index is -1.45. The summed E-state index contributed by atoms with van der Waals surface area (Å²) in [7, 11) is 0. The number of carboxylic acid groups (broad SMARTS) is 1. The van der Waals surface area contributed by atoms with E-state index in [1.54, 1.807) is 6.92 Å². The molecular formula is C17H20NO5S-. The van der Waals surface area contributed by atoms with E-state index in [1.807, 2.05) is 0 Å². The Morgan fingerprint density at radius 1 is 1.33 bits per heavy atom. The highest BCUT2D eigenvalue weighted by Gasteiger charge is 2.29. The van der Waals surface area contributed by atoms with Crippen LogP contribution in [0, 0.1) is 5.92 Å². The van der Waals surface area contributed by atoms with Gasteiger partial charge in [0.15, 0.2) is 0 Å². The van der Waals surface area contributed by atoms with Gasteiger partial charge in [0.1, 0.15) is 5.00 Å². The molecule has 1 atom stereocenters. The molecular weight excluding hydrogens is 330 g/mol. The van der Waals surface area contributed by atoms with Crippen LogP contribution in [-0.2, 0) is 27.2 Å². The van der Waals surface area contributed by atoms with E-state index in [9.17, 15) is 19.5 Å². The van der Waals surface area contributed by atoms with Crippen LogP contribution in [0.2, 0.25) is 0 Å². The first kappa shape index (κ1) is 18.2. The molecule has 1 aliphatic rings. The molecule has 0 aromatic carbocycles. The lowest BCUT2D eigenvalue weighted by Crippen LogP contribution is -2.20. The summed E-state index contributed by atoms with van der Waals surface area (Å²) < 4.78 is 5.12. The number of carbonyl (C=O) groups excluding carboxylic acids is 3. The largest absolute Gasteiger partial charge is 0.545 e. The molecule has 7 heteroatoms. The second-order valence-electron chi connectivity index (χ2n) is 5.59. The van der Waals surface area contributed by atoms with Crippen molar-refractivity contribution in [2.24, 2.45) is 5.92 Å². The van der Waals surface area contributed by atoms with Crippen molar-refractivity contribution in [2.45, 2.75) is 39.5 Å². The number of anilines is 1. The lowest BCUT2D eigenvalue weighted by atomic mass is 9.85. The fraction of sp³-hybridized carbons (Fsp3) is 0.471. The van der Waals surface area contributed by atoms with Crippen LogP contribution in [0.1, 0.15) is 47.5 Å². The molecule has 1 amide bonds. The van der Waals surface area contributed by atoms with Gasteiger partial charge in [0.2, 0.25) is 5.91 Å². The number of fused-ring (bicyclic) bond motifs is 1. The van der Waals surface area contributed by atoms with Gasteiger partial charge in [-0.1, -0.05) is 13.3 Å². The Balaban J connectivity index is 2.32. The predicted octanol–water partition coefficient (Wildman–Crippen LogP) is 1.68. The first-order valence-corrected chi connectivity index (χ1v) is 8.79. The highest BCUT2D eigenvalue weighted by atomic mass is 32.1. The van der Waals surface area contributed by atoms with Crippen LogP contribution in [-0.4, -0.2) is 24.5 Å². The maximum atomic E-state index is 12.3. The number of carbonyl (C=O) groups is 3. The average Bonchev–Trinajstić information content (AvgIpc) is 2.89. The Kier molecular flexibility index (Phi) is 6.14. The molecule has 0 bridgehead atoms. The van der Waals surface area contributed by atoms with Crippen molar-refractivity contribution < 1.29 is 24.2 Å². The van der Waals surface area contributed by atoms with Gasteiger partial charge in [0.05, 0.1) is 18.1 Å². The molecule has 1 aromatic rings. The van der Waals surface area contributed by atoms with Crippen molar-refractivity contribution in [3.05, 3.63) is 28.2 Å². The predicted molar refractivity (Wildman–Crippen MR) is 88.9 cm³/mol. The van der Waals surface area contributed by atoms with Crippen LogP contribution >= 0.6 is 11.3 Å². The standard InChI is InChI=1S/C17H21NO5S/c1-3-10-5-6-11-12(9-10)24-16(15(11)17(22)23-4-2)18-13(19)7-8-14(20)21/h7-8,10H,3-6,9H2,1-2H3,(H,18,19)(H,20,21)/p-1/b8-7+/t10-/m0/s1. The molecule has 0 aliphatic heterocycles. The summed E-state index contributed by atoms with van der Waals surface area (Å²) in [5, 5.41) is 13.4. The van der Waals surface area contributed by atoms with Crippen LogP contribution in [0.15, 0.2) is 12.2 Å². The third kappa shape index (κ3) is 4.23. The highest BCUT2D eigenvalue weighted by molar-refractivity contribution is 7.17. The number of rotatable bonds is 6. The number of aliphatic carboxylic acids is 1. The third-order valence-corrected chi connectivity index (χ3v) is 5.20. The fourth-order valence-corrected chi connectivity index (χ4v) is 4.16. The molecule has 1 aromatic heterocycles. The smallest absolute Gasteiger partial charge is 0.341 e.